The molecule has 0 aromatic heterocycles. The fourth-order valence-corrected chi connectivity index (χ4v) is 4.99. The molecule has 0 saturated carbocycles. The Labute approximate surface area is 217 Å². The Bertz CT molecular complexity index is 1080. The summed E-state index contributed by atoms with van der Waals surface area (Å²) in [4.78, 5) is 0. The van der Waals surface area contributed by atoms with Gasteiger partial charge in [-0.3, -0.25) is 0 Å². The maximum Gasteiger partial charge on any atom is -1.00 e. The van der Waals surface area contributed by atoms with Crippen LogP contribution in [0.3, 0.4) is 0 Å². The maximum absolute atomic E-state index is 2.49. The van der Waals surface area contributed by atoms with Gasteiger partial charge in [-0.2, -0.15) is 0 Å². The summed E-state index contributed by atoms with van der Waals surface area (Å²) in [5.41, 5.74) is 8.19. The van der Waals surface area contributed by atoms with Crippen molar-refractivity contribution in [2.45, 2.75) is 51.6 Å². The van der Waals surface area contributed by atoms with Gasteiger partial charge >= 0.3 is 194 Å². The van der Waals surface area contributed by atoms with E-state index in [-0.39, 0.29) is 41.8 Å². The third-order valence-electron chi connectivity index (χ3n) is 6.20. The first kappa shape index (κ1) is 26.9. The molecule has 0 N–H and O–H groups in total. The first-order valence-corrected chi connectivity index (χ1v) is 11.4. The molecule has 4 heteroatoms. The third kappa shape index (κ3) is 4.93. The van der Waals surface area contributed by atoms with Crippen molar-refractivity contribution < 1.29 is 45.5 Å². The number of allylic oxidation sites excluding steroid dienone is 1. The zero-order chi connectivity index (χ0) is 21.5. The molecule has 0 amide bonds. The van der Waals surface area contributed by atoms with E-state index in [9.17, 15) is 0 Å². The van der Waals surface area contributed by atoms with Crippen LogP contribution in [0.15, 0.2) is 78.9 Å². The number of hydrogen-bond donors (Lipinski definition) is 0. The molecule has 0 heterocycles. The van der Waals surface area contributed by atoms with Crippen molar-refractivity contribution in [1.29, 1.82) is 0 Å². The van der Waals surface area contributed by atoms with Crippen LogP contribution >= 0.6 is 0 Å². The number of rotatable bonds is 4. The molecule has 0 spiro atoms. The van der Waals surface area contributed by atoms with Gasteiger partial charge in [0.1, 0.15) is 0 Å². The quantitative estimate of drug-likeness (QED) is 0.488. The van der Waals surface area contributed by atoms with Crippen LogP contribution in [0.25, 0.3) is 11.6 Å². The van der Waals surface area contributed by atoms with Gasteiger partial charge in [0.05, 0.1) is 0 Å². The van der Waals surface area contributed by atoms with Gasteiger partial charge in [0.2, 0.25) is 0 Å². The van der Waals surface area contributed by atoms with Crippen molar-refractivity contribution in [3.8, 4) is 0 Å². The summed E-state index contributed by atoms with van der Waals surface area (Å²) in [6.07, 6.45) is 2.38. The Hall–Kier alpha value is -1.35. The number of fused-ring (bicyclic) bond motifs is 1. The summed E-state index contributed by atoms with van der Waals surface area (Å²) >= 11 is 2.24. The minimum atomic E-state index is -0.103. The van der Waals surface area contributed by atoms with Gasteiger partial charge in [0, 0.05) is 0 Å². The first-order chi connectivity index (χ1) is 14.2. The zero-order valence-corrected chi connectivity index (χ0v) is 22.4. The molecule has 0 radical (unpaired) electrons. The van der Waals surface area contributed by atoms with Crippen molar-refractivity contribution >= 4 is 11.6 Å². The largest absolute Gasteiger partial charge is 1.00 e. The van der Waals surface area contributed by atoms with Crippen molar-refractivity contribution in [2.24, 2.45) is 0 Å². The molecule has 1 aliphatic carbocycles. The number of halogens is 2. The molecule has 0 bridgehead atoms. The maximum atomic E-state index is 2.49. The standard InChI is InChI=1S/C28H30N.2ClH.Ti/c1-27(2,3)29-28(4,5)25-18-12-11-17-23(25)26-22-16-10-9-15-21(22)19-24(26)20-13-7-6-8-14-20;;;/h6-19,26H,1-5H3;2*1H;/q-1;;;+3/p-2. The zero-order valence-electron chi connectivity index (χ0n) is 19.4. The van der Waals surface area contributed by atoms with Gasteiger partial charge in [-0.1, -0.05) is 0 Å². The molecule has 3 aromatic carbocycles. The second-order valence-electron chi connectivity index (χ2n) is 9.68. The van der Waals surface area contributed by atoms with Crippen molar-refractivity contribution in [3.63, 3.8) is 0 Å². The van der Waals surface area contributed by atoms with Crippen LogP contribution in [0.2, 0.25) is 0 Å². The molecule has 3 aromatic rings. The van der Waals surface area contributed by atoms with Crippen LogP contribution in [0.5, 0.6) is 0 Å². The molecule has 1 unspecified atom stereocenters. The van der Waals surface area contributed by atoms with Crippen molar-refractivity contribution in [2.75, 3.05) is 0 Å². The summed E-state index contributed by atoms with van der Waals surface area (Å²) in [6, 6.07) is 28.7. The fraction of sp³-hybridized carbons (Fsp3) is 0.286. The van der Waals surface area contributed by atoms with Gasteiger partial charge in [-0.05, 0) is 0 Å². The molecule has 0 saturated heterocycles. The molecule has 165 valence electrons. The second kappa shape index (κ2) is 10.3. The SMILES string of the molecule is CC(C)(C)[N]([Ti+2])C(C)(C)c1ccccc1C1C(c2ccccc2)=Cc2ccccc21.[Cl-].[Cl-]. The fourth-order valence-electron chi connectivity index (χ4n) is 4.80. The minimum Gasteiger partial charge on any atom is -1.00 e. The van der Waals surface area contributed by atoms with E-state index < -0.39 is 0 Å². The Balaban J connectivity index is 0.00000181. The summed E-state index contributed by atoms with van der Waals surface area (Å²) in [5.74, 6) is 0.243. The molecule has 0 aliphatic heterocycles. The van der Waals surface area contributed by atoms with Gasteiger partial charge in [0.15, 0.2) is 0 Å². The minimum absolute atomic E-state index is 0. The predicted octanol–water partition coefficient (Wildman–Crippen LogP) is 1.18. The Morgan fingerprint density at radius 2 is 1.22 bits per heavy atom. The van der Waals surface area contributed by atoms with Crippen molar-refractivity contribution in [1.82, 2.24) is 3.38 Å². The van der Waals surface area contributed by atoms with Crippen LogP contribution < -0.4 is 24.8 Å². The average molecular weight is 499 g/mol. The molecular formula is C28H30Cl2NTi. The van der Waals surface area contributed by atoms with Crippen LogP contribution in [0, 0.1) is 0 Å². The summed E-state index contributed by atoms with van der Waals surface area (Å²) in [6.45, 7) is 11.6. The molecule has 4 rings (SSSR count). The molecular weight excluding hydrogens is 469 g/mol. The Morgan fingerprint density at radius 3 is 1.84 bits per heavy atom. The molecule has 0 fully saturated rings. The second-order valence-corrected chi connectivity index (χ2v) is 10.4. The summed E-state index contributed by atoms with van der Waals surface area (Å²) < 4.78 is 2.49. The molecule has 1 nitrogen and oxygen atoms in total. The summed E-state index contributed by atoms with van der Waals surface area (Å²) in [5, 5.41) is 0. The Morgan fingerprint density at radius 1 is 0.688 bits per heavy atom. The normalized spacial score (nSPS) is 15.5. The van der Waals surface area contributed by atoms with E-state index >= 15 is 0 Å². The monoisotopic (exact) mass is 498 g/mol. The number of nitrogens with zero attached hydrogens (tertiary/aromatic N) is 1. The molecule has 32 heavy (non-hydrogen) atoms. The van der Waals surface area contributed by atoms with Gasteiger partial charge < -0.3 is 24.8 Å². The van der Waals surface area contributed by atoms with E-state index in [1.54, 1.807) is 0 Å². The van der Waals surface area contributed by atoms with E-state index in [0.717, 1.165) is 0 Å². The van der Waals surface area contributed by atoms with Crippen LogP contribution in [-0.4, -0.2) is 8.92 Å². The van der Waals surface area contributed by atoms with Crippen molar-refractivity contribution in [3.05, 3.63) is 107 Å². The van der Waals surface area contributed by atoms with Gasteiger partial charge in [-0.25, -0.2) is 0 Å². The Kier molecular flexibility index (Phi) is 8.65. The first-order valence-electron chi connectivity index (χ1n) is 10.7. The van der Waals surface area contributed by atoms with E-state index in [1.807, 2.05) is 0 Å². The van der Waals surface area contributed by atoms with Crippen LogP contribution in [0.4, 0.5) is 0 Å². The van der Waals surface area contributed by atoms with Gasteiger partial charge in [-0.15, -0.1) is 0 Å². The number of benzene rings is 3. The van der Waals surface area contributed by atoms with Crippen LogP contribution in [0.1, 0.15) is 68.4 Å². The summed E-state index contributed by atoms with van der Waals surface area (Å²) in [7, 11) is 0. The third-order valence-corrected chi connectivity index (χ3v) is 8.12. The van der Waals surface area contributed by atoms with E-state index in [2.05, 4.69) is 144 Å². The van der Waals surface area contributed by atoms with E-state index in [0.29, 0.717) is 0 Å². The molecule has 1 aliphatic rings. The van der Waals surface area contributed by atoms with E-state index in [4.69, 9.17) is 0 Å². The number of hydrogen-bond acceptors (Lipinski definition) is 1. The molecule has 1 atom stereocenters. The van der Waals surface area contributed by atoms with E-state index in [1.165, 1.54) is 33.4 Å². The van der Waals surface area contributed by atoms with Crippen LogP contribution in [-0.2, 0) is 26.2 Å². The average Bonchev–Trinajstić information content (AvgIpc) is 3.12. The smallest absolute Gasteiger partial charge is 1.00 e. The van der Waals surface area contributed by atoms with Gasteiger partial charge in [0.25, 0.3) is 0 Å². The topological polar surface area (TPSA) is 3.24 Å². The predicted molar refractivity (Wildman–Crippen MR) is 124 cm³/mol.